The third kappa shape index (κ3) is 6.67. The highest BCUT2D eigenvalue weighted by atomic mass is 19.3. The second kappa shape index (κ2) is 11.9. The lowest BCUT2D eigenvalue weighted by Crippen LogP contribution is -2.52. The molecule has 0 bridgehead atoms. The van der Waals surface area contributed by atoms with Crippen LogP contribution < -0.4 is 10.0 Å². The van der Waals surface area contributed by atoms with Crippen LogP contribution in [0.2, 0.25) is 0 Å². The van der Waals surface area contributed by atoms with Gasteiger partial charge >= 0.3 is 0 Å². The van der Waals surface area contributed by atoms with Crippen molar-refractivity contribution in [1.82, 2.24) is 19.4 Å². The molecule has 242 valence electrons. The average Bonchev–Trinajstić information content (AvgIpc) is 3.55. The maximum absolute atomic E-state index is 15.3. The largest absolute Gasteiger partial charge is 0.325 e. The first-order valence-corrected chi connectivity index (χ1v) is 15.1. The number of benzene rings is 1. The molecule has 2 N–H and O–H groups in total. The van der Waals surface area contributed by atoms with Gasteiger partial charge in [-0.1, -0.05) is 0 Å². The van der Waals surface area contributed by atoms with Crippen molar-refractivity contribution < 1.29 is 41.1 Å². The summed E-state index contributed by atoms with van der Waals surface area (Å²) >= 11 is 0. The summed E-state index contributed by atoms with van der Waals surface area (Å²) < 4.78 is 88.0. The van der Waals surface area contributed by atoms with E-state index in [2.05, 4.69) is 10.3 Å². The molecule has 45 heavy (non-hydrogen) atoms. The number of rotatable bonds is 7. The number of hydrogen-bond acceptors (Lipinski definition) is 5. The van der Waals surface area contributed by atoms with Crippen molar-refractivity contribution in [3.8, 4) is 0 Å². The van der Waals surface area contributed by atoms with Crippen LogP contribution in [0.4, 0.5) is 32.2 Å². The number of carbonyl (C=O) groups is 1. The Morgan fingerprint density at radius 1 is 1.07 bits per heavy atom. The number of carbonyl (C=O) groups excluding carboxylic acids is 1. The van der Waals surface area contributed by atoms with E-state index in [9.17, 15) is 27.6 Å². The van der Waals surface area contributed by atoms with Gasteiger partial charge in [0, 0.05) is 81.0 Å². The third-order valence-electron chi connectivity index (χ3n) is 9.30. The number of alkyl halides is 4. The Morgan fingerprint density at radius 3 is 2.49 bits per heavy atom. The van der Waals surface area contributed by atoms with Crippen LogP contribution in [0.15, 0.2) is 42.7 Å². The predicted molar refractivity (Wildman–Crippen MR) is 150 cm³/mol. The number of nitrogens with zero attached hydrogens (tertiary/aromatic N) is 5. The second-order valence-electron chi connectivity index (χ2n) is 12.4. The molecule has 2 saturated heterocycles. The topological polar surface area (TPSA) is 77.5 Å². The van der Waals surface area contributed by atoms with E-state index < -0.39 is 47.8 Å². The summed E-state index contributed by atoms with van der Waals surface area (Å²) in [5.41, 5.74) is 1.05. The lowest BCUT2D eigenvalue weighted by molar-refractivity contribution is -0.910. The Kier molecular flexibility index (Phi) is 8.31. The zero-order chi connectivity index (χ0) is 32.1. The summed E-state index contributed by atoms with van der Waals surface area (Å²) in [6.07, 6.45) is 2.96. The minimum Gasteiger partial charge on any atom is -0.325 e. The van der Waals surface area contributed by atoms with Crippen LogP contribution in [-0.4, -0.2) is 74.5 Å². The summed E-state index contributed by atoms with van der Waals surface area (Å²) in [4.78, 5) is 21.2. The first-order chi connectivity index (χ1) is 21.3. The zero-order valence-electron chi connectivity index (χ0n) is 24.7. The number of nitrogens with one attached hydrogen (secondary N) is 1. The van der Waals surface area contributed by atoms with Gasteiger partial charge in [0.05, 0.1) is 24.5 Å². The number of fused-ring (bicyclic) bond motifs is 1. The summed E-state index contributed by atoms with van der Waals surface area (Å²) in [5, 5.41) is 13.1. The Bertz CT molecular complexity index is 1550. The molecular formula is C31H35F6N6O2+. The fourth-order valence-corrected chi connectivity index (χ4v) is 6.63. The SMILES string of the molecule is C[C@@H](C(=O)Nc1cn2c(n1)CC[C@@H]2c1cc(F)cc(F)c1)N1CCC(F)(F)C(c2cc[n+](O)c(CN3CCC(F)(F)CC3)c2)C1. The van der Waals surface area contributed by atoms with Crippen molar-refractivity contribution in [2.24, 2.45) is 0 Å². The number of imidazole rings is 1. The molecule has 3 atom stereocenters. The molecule has 0 spiro atoms. The van der Waals surface area contributed by atoms with Gasteiger partial charge in [-0.05, 0) is 36.6 Å². The van der Waals surface area contributed by atoms with Crippen molar-refractivity contribution in [2.45, 2.75) is 75.4 Å². The zero-order valence-corrected chi connectivity index (χ0v) is 24.7. The highest BCUT2D eigenvalue weighted by molar-refractivity contribution is 5.93. The van der Waals surface area contributed by atoms with Gasteiger partial charge in [0.1, 0.15) is 17.5 Å². The van der Waals surface area contributed by atoms with Crippen molar-refractivity contribution in [2.75, 3.05) is 31.5 Å². The minimum atomic E-state index is -3.07. The molecular weight excluding hydrogens is 602 g/mol. The molecule has 2 fully saturated rings. The maximum Gasteiger partial charge on any atom is 0.257 e. The summed E-state index contributed by atoms with van der Waals surface area (Å²) in [5.74, 6) is -7.94. The molecule has 6 rings (SSSR count). The summed E-state index contributed by atoms with van der Waals surface area (Å²) in [6.45, 7) is 1.86. The van der Waals surface area contributed by atoms with Crippen LogP contribution in [0.3, 0.4) is 0 Å². The predicted octanol–water partition coefficient (Wildman–Crippen LogP) is 4.90. The van der Waals surface area contributed by atoms with E-state index >= 15 is 8.78 Å². The third-order valence-corrected chi connectivity index (χ3v) is 9.30. The molecule has 1 aromatic carbocycles. The quantitative estimate of drug-likeness (QED) is 0.219. The molecule has 8 nitrogen and oxygen atoms in total. The monoisotopic (exact) mass is 637 g/mol. The number of anilines is 1. The fourth-order valence-electron chi connectivity index (χ4n) is 6.63. The minimum absolute atomic E-state index is 0.0212. The molecule has 3 aliphatic heterocycles. The van der Waals surface area contributed by atoms with E-state index in [1.54, 1.807) is 27.5 Å². The van der Waals surface area contributed by atoms with E-state index in [4.69, 9.17) is 0 Å². The first kappa shape index (κ1) is 31.3. The lowest BCUT2D eigenvalue weighted by Gasteiger charge is -2.40. The van der Waals surface area contributed by atoms with Gasteiger partial charge < -0.3 is 9.88 Å². The molecule has 1 unspecified atom stereocenters. The average molecular weight is 638 g/mol. The molecule has 14 heteroatoms. The number of halogens is 6. The Hall–Kier alpha value is -3.65. The molecule has 5 heterocycles. The number of pyridine rings is 1. The number of piperidine rings is 2. The van der Waals surface area contributed by atoms with Crippen molar-refractivity contribution in [1.29, 1.82) is 0 Å². The van der Waals surface area contributed by atoms with Crippen molar-refractivity contribution in [3.05, 3.63) is 77.0 Å². The number of amides is 1. The van der Waals surface area contributed by atoms with Crippen LogP contribution in [-0.2, 0) is 17.8 Å². The summed E-state index contributed by atoms with van der Waals surface area (Å²) in [6, 6.07) is 5.13. The van der Waals surface area contributed by atoms with E-state index in [1.165, 1.54) is 30.5 Å². The van der Waals surface area contributed by atoms with Crippen molar-refractivity contribution >= 4 is 11.7 Å². The number of hydrogen-bond donors (Lipinski definition) is 2. The van der Waals surface area contributed by atoms with Crippen LogP contribution >= 0.6 is 0 Å². The highest BCUT2D eigenvalue weighted by Gasteiger charge is 2.47. The molecule has 1 amide bonds. The molecule has 0 radical (unpaired) electrons. The van der Waals surface area contributed by atoms with Crippen molar-refractivity contribution in [3.63, 3.8) is 0 Å². The first-order valence-electron chi connectivity index (χ1n) is 15.1. The van der Waals surface area contributed by atoms with Gasteiger partial charge in [-0.3, -0.25) is 19.8 Å². The number of likely N-dealkylation sites (tertiary alicyclic amines) is 2. The molecule has 3 aliphatic rings. The van der Waals surface area contributed by atoms with Gasteiger partial charge in [-0.25, -0.2) is 31.3 Å². The van der Waals surface area contributed by atoms with E-state index in [-0.39, 0.29) is 63.0 Å². The highest BCUT2D eigenvalue weighted by Crippen LogP contribution is 2.41. The Labute approximate surface area is 256 Å². The fraction of sp³-hybridized carbons (Fsp3) is 0.516. The van der Waals surface area contributed by atoms with Gasteiger partial charge in [0.25, 0.3) is 11.8 Å². The maximum atomic E-state index is 15.3. The van der Waals surface area contributed by atoms with Gasteiger partial charge in [-0.15, -0.1) is 0 Å². The normalized spacial score (nSPS) is 23.9. The molecule has 0 aliphatic carbocycles. The Balaban J connectivity index is 1.13. The van der Waals surface area contributed by atoms with E-state index in [0.717, 1.165) is 10.8 Å². The number of aromatic nitrogens is 3. The van der Waals surface area contributed by atoms with Gasteiger partial charge in [0.15, 0.2) is 5.82 Å². The molecule has 3 aromatic rings. The Morgan fingerprint density at radius 2 is 1.78 bits per heavy atom. The van der Waals surface area contributed by atoms with E-state index in [0.29, 0.717) is 29.9 Å². The molecule has 2 aromatic heterocycles. The smallest absolute Gasteiger partial charge is 0.257 e. The van der Waals surface area contributed by atoms with Crippen LogP contribution in [0.1, 0.15) is 67.2 Å². The standard InChI is InChI=1S/C31H34F6N6O2/c1-19(29(44)39-27-18-42-26(2-3-28(42)38-27)21-12-22(32)15-23(33)13-21)41-11-7-31(36,37)25(17-41)20-4-8-43(45)24(14-20)16-40-9-5-30(34,35)6-10-40/h4,8,12-15,18-19,25-26H,2-3,5-7,9-11,16-17H2,1H3,(H-,39,44,45)/p+1/t19-,25?,26+/m0/s1. The number of aryl methyl sites for hydroxylation is 1. The van der Waals surface area contributed by atoms with Gasteiger partial charge in [0.2, 0.25) is 17.8 Å². The van der Waals surface area contributed by atoms with E-state index in [1.807, 2.05) is 0 Å². The van der Waals surface area contributed by atoms with Crippen LogP contribution in [0.5, 0.6) is 0 Å². The van der Waals surface area contributed by atoms with Crippen LogP contribution in [0.25, 0.3) is 0 Å². The summed E-state index contributed by atoms with van der Waals surface area (Å²) in [7, 11) is 0. The van der Waals surface area contributed by atoms with Gasteiger partial charge in [-0.2, -0.15) is 0 Å². The molecule has 0 saturated carbocycles. The second-order valence-corrected chi connectivity index (χ2v) is 12.4. The lowest BCUT2D eigenvalue weighted by atomic mass is 9.86. The van der Waals surface area contributed by atoms with Crippen LogP contribution in [0, 0.1) is 11.6 Å².